The van der Waals surface area contributed by atoms with Crippen molar-refractivity contribution in [1.29, 1.82) is 0 Å². The van der Waals surface area contributed by atoms with Gasteiger partial charge in [-0.25, -0.2) is 4.31 Å². The molecule has 0 aromatic heterocycles. The normalized spacial score (nSPS) is 27.0. The van der Waals surface area contributed by atoms with Crippen molar-refractivity contribution in [3.05, 3.63) is 0 Å². The lowest BCUT2D eigenvalue weighted by Crippen LogP contribution is -2.44. The molecule has 1 fully saturated rings. The third kappa shape index (κ3) is 0.668. The first-order valence-corrected chi connectivity index (χ1v) is 2.31. The van der Waals surface area contributed by atoms with Gasteiger partial charge in [-0.1, -0.05) is 12.8 Å². The summed E-state index contributed by atoms with van der Waals surface area (Å²) in [5.41, 5.74) is 0. The number of aliphatic hydroxyl groups is 1. The summed E-state index contributed by atoms with van der Waals surface area (Å²) in [5.74, 6) is 0. The summed E-state index contributed by atoms with van der Waals surface area (Å²) in [5, 5.41) is 8.53. The van der Waals surface area contributed by atoms with E-state index in [1.807, 2.05) is 0 Å². The number of rotatable bonds is 0. The highest BCUT2D eigenvalue weighted by Gasteiger charge is 2.20. The fraction of sp³-hybridized carbons (Fsp3) is 1.00. The average molecular weight is 105 g/mol. The van der Waals surface area contributed by atoms with Crippen LogP contribution in [0.3, 0.4) is 0 Å². The molecule has 2 nitrogen and oxygen atoms in total. The number of hydrogen-bond acceptors (Lipinski definition) is 3. The topological polar surface area (TPSA) is 23.5 Å². The third-order valence-electron chi connectivity index (χ3n) is 0.843. The van der Waals surface area contributed by atoms with Gasteiger partial charge in [0, 0.05) is 13.1 Å². The van der Waals surface area contributed by atoms with Gasteiger partial charge in [-0.15, -0.1) is 0 Å². The molecule has 3 heteroatoms. The maximum atomic E-state index is 8.53. The summed E-state index contributed by atoms with van der Waals surface area (Å²) < 4.78 is 1.77. The van der Waals surface area contributed by atoms with Gasteiger partial charge in [0.05, 0.1) is 6.10 Å². The molecule has 1 aliphatic rings. The summed E-state index contributed by atoms with van der Waals surface area (Å²) in [4.78, 5) is 0. The van der Waals surface area contributed by atoms with E-state index in [-0.39, 0.29) is 6.10 Å². The highest BCUT2D eigenvalue weighted by molar-refractivity contribution is 7.77. The minimum Gasteiger partial charge on any atom is -0.390 e. The molecular weight excluding hydrogens is 98.1 g/mol. The summed E-state index contributed by atoms with van der Waals surface area (Å²) in [6.45, 7) is 1.45. The number of thiol groups is 1. The molecule has 0 bridgehead atoms. The van der Waals surface area contributed by atoms with Crippen molar-refractivity contribution in [2.45, 2.75) is 6.10 Å². The molecule has 0 saturated carbocycles. The van der Waals surface area contributed by atoms with Gasteiger partial charge in [0.25, 0.3) is 0 Å². The second-order valence-corrected chi connectivity index (χ2v) is 2.09. The minimum atomic E-state index is -0.109. The zero-order valence-corrected chi connectivity index (χ0v) is 4.23. The third-order valence-corrected chi connectivity index (χ3v) is 1.17. The molecule has 0 radical (unpaired) electrons. The molecular formula is C3H7NOS. The summed E-state index contributed by atoms with van der Waals surface area (Å²) in [7, 11) is 0. The molecule has 1 saturated heterocycles. The van der Waals surface area contributed by atoms with E-state index in [1.165, 1.54) is 0 Å². The van der Waals surface area contributed by atoms with Gasteiger partial charge in [-0.3, -0.25) is 0 Å². The minimum absolute atomic E-state index is 0.109. The van der Waals surface area contributed by atoms with Crippen LogP contribution in [0.1, 0.15) is 0 Å². The Morgan fingerprint density at radius 1 is 1.67 bits per heavy atom. The first kappa shape index (κ1) is 4.43. The fourth-order valence-corrected chi connectivity index (χ4v) is 0.810. The first-order valence-electron chi connectivity index (χ1n) is 1.91. The SMILES string of the molecule is OC1CN(S)C1. The van der Waals surface area contributed by atoms with Crippen molar-refractivity contribution in [2.24, 2.45) is 0 Å². The Labute approximate surface area is 42.3 Å². The smallest absolute Gasteiger partial charge is 0.0812 e. The van der Waals surface area contributed by atoms with E-state index in [0.717, 1.165) is 13.1 Å². The lowest BCUT2D eigenvalue weighted by atomic mass is 10.2. The maximum absolute atomic E-state index is 8.53. The first-order chi connectivity index (χ1) is 2.79. The van der Waals surface area contributed by atoms with Crippen LogP contribution in [0.4, 0.5) is 0 Å². The van der Waals surface area contributed by atoms with Crippen LogP contribution in [0.2, 0.25) is 0 Å². The van der Waals surface area contributed by atoms with Crippen LogP contribution in [0.25, 0.3) is 0 Å². The van der Waals surface area contributed by atoms with Crippen molar-refractivity contribution >= 4 is 12.8 Å². The molecule has 0 spiro atoms. The van der Waals surface area contributed by atoms with Gasteiger partial charge >= 0.3 is 0 Å². The molecule has 0 unspecified atom stereocenters. The number of nitrogens with zero attached hydrogens (tertiary/aromatic N) is 1. The Hall–Kier alpha value is 0.270. The van der Waals surface area contributed by atoms with Crippen molar-refractivity contribution in [3.8, 4) is 0 Å². The van der Waals surface area contributed by atoms with Gasteiger partial charge in [0.1, 0.15) is 0 Å². The van der Waals surface area contributed by atoms with Crippen LogP contribution in [-0.2, 0) is 0 Å². The van der Waals surface area contributed by atoms with Crippen molar-refractivity contribution < 1.29 is 5.11 Å². The standard InChI is InChI=1S/C3H7NOS/c5-3-1-4(6)2-3/h3,5-6H,1-2H2. The monoisotopic (exact) mass is 105 g/mol. The Morgan fingerprint density at radius 3 is 2.17 bits per heavy atom. The predicted molar refractivity (Wildman–Crippen MR) is 26.6 cm³/mol. The molecule has 1 rings (SSSR count). The fourth-order valence-electron chi connectivity index (χ4n) is 0.433. The van der Waals surface area contributed by atoms with Gasteiger partial charge in [0.15, 0.2) is 0 Å². The van der Waals surface area contributed by atoms with Crippen LogP contribution in [0, 0.1) is 0 Å². The maximum Gasteiger partial charge on any atom is 0.0812 e. The molecule has 36 valence electrons. The Bertz CT molecular complexity index is 46.8. The zero-order chi connectivity index (χ0) is 4.57. The summed E-state index contributed by atoms with van der Waals surface area (Å²) in [6, 6.07) is 0. The van der Waals surface area contributed by atoms with Crippen LogP contribution >= 0.6 is 12.8 Å². The molecule has 0 amide bonds. The molecule has 0 atom stereocenters. The lowest BCUT2D eigenvalue weighted by Gasteiger charge is -2.30. The molecule has 1 N–H and O–H groups in total. The van der Waals surface area contributed by atoms with E-state index in [2.05, 4.69) is 12.8 Å². The molecule has 1 aliphatic heterocycles. The van der Waals surface area contributed by atoms with Crippen LogP contribution < -0.4 is 0 Å². The van der Waals surface area contributed by atoms with Crippen LogP contribution in [0.15, 0.2) is 0 Å². The number of aliphatic hydroxyl groups excluding tert-OH is 1. The van der Waals surface area contributed by atoms with Crippen molar-refractivity contribution in [3.63, 3.8) is 0 Å². The Balaban J connectivity index is 2.11. The quantitative estimate of drug-likeness (QED) is 0.406. The van der Waals surface area contributed by atoms with E-state index in [1.54, 1.807) is 4.31 Å². The van der Waals surface area contributed by atoms with Crippen LogP contribution in [-0.4, -0.2) is 28.6 Å². The second kappa shape index (κ2) is 1.40. The molecule has 1 heterocycles. The summed E-state index contributed by atoms with van der Waals surface area (Å²) >= 11 is 3.92. The Kier molecular flexibility index (Phi) is 1.04. The van der Waals surface area contributed by atoms with Crippen LogP contribution in [0.5, 0.6) is 0 Å². The van der Waals surface area contributed by atoms with Crippen molar-refractivity contribution in [1.82, 2.24) is 4.31 Å². The number of hydrogen-bond donors (Lipinski definition) is 2. The van der Waals surface area contributed by atoms with Crippen molar-refractivity contribution in [2.75, 3.05) is 13.1 Å². The van der Waals surface area contributed by atoms with Gasteiger partial charge in [-0.05, 0) is 0 Å². The zero-order valence-electron chi connectivity index (χ0n) is 3.33. The van der Waals surface area contributed by atoms with E-state index in [4.69, 9.17) is 5.11 Å². The molecule has 0 aliphatic carbocycles. The average Bonchev–Trinajstić information content (AvgIpc) is 1.33. The van der Waals surface area contributed by atoms with E-state index < -0.39 is 0 Å². The molecule has 6 heavy (non-hydrogen) atoms. The highest BCUT2D eigenvalue weighted by atomic mass is 32.1. The number of β-amino-alcohol motifs (C(OH)–C–C–N with tert-alkyl or cyclic N) is 1. The van der Waals surface area contributed by atoms with E-state index in [0.29, 0.717) is 0 Å². The lowest BCUT2D eigenvalue weighted by molar-refractivity contribution is 0.0630. The van der Waals surface area contributed by atoms with E-state index in [9.17, 15) is 0 Å². The second-order valence-electron chi connectivity index (χ2n) is 1.53. The highest BCUT2D eigenvalue weighted by Crippen LogP contribution is 2.07. The molecule has 0 aromatic rings. The van der Waals surface area contributed by atoms with Gasteiger partial charge in [-0.2, -0.15) is 0 Å². The Morgan fingerprint density at radius 2 is 2.17 bits per heavy atom. The summed E-state index contributed by atoms with van der Waals surface area (Å²) in [6.07, 6.45) is -0.109. The largest absolute Gasteiger partial charge is 0.390 e. The predicted octanol–water partition coefficient (Wildman–Crippen LogP) is -0.492. The van der Waals surface area contributed by atoms with E-state index >= 15 is 0 Å². The molecule has 0 aromatic carbocycles. The van der Waals surface area contributed by atoms with Gasteiger partial charge < -0.3 is 5.11 Å². The van der Waals surface area contributed by atoms with Gasteiger partial charge in [0.2, 0.25) is 0 Å².